The first-order chi connectivity index (χ1) is 12.4. The van der Waals surface area contributed by atoms with Crippen molar-refractivity contribution in [1.82, 2.24) is 0 Å². The van der Waals surface area contributed by atoms with Gasteiger partial charge in [0.2, 0.25) is 5.91 Å². The van der Waals surface area contributed by atoms with Crippen LogP contribution in [0.1, 0.15) is 11.1 Å². The lowest BCUT2D eigenvalue weighted by Gasteiger charge is -2.31. The van der Waals surface area contributed by atoms with E-state index in [4.69, 9.17) is 10.5 Å². The molecule has 2 aromatic rings. The van der Waals surface area contributed by atoms with Crippen LogP contribution in [-0.2, 0) is 15.1 Å². The highest BCUT2D eigenvalue weighted by Crippen LogP contribution is 2.47. The van der Waals surface area contributed by atoms with Crippen LogP contribution in [0.15, 0.2) is 36.4 Å². The Morgan fingerprint density at radius 2 is 1.88 bits per heavy atom. The molecule has 0 aromatic heterocycles. The molecule has 1 atom stereocenters. The molecule has 26 heavy (non-hydrogen) atoms. The number of carbonyl (C=O) groups is 1. The van der Waals surface area contributed by atoms with Gasteiger partial charge in [-0.15, -0.1) is 0 Å². The Kier molecular flexibility index (Phi) is 4.88. The molecule has 8 heteroatoms. The summed E-state index contributed by atoms with van der Waals surface area (Å²) in [5.74, 6) is -3.36. The average molecular weight is 366 g/mol. The number of hydrogen-bond acceptors (Lipinski definition) is 4. The summed E-state index contributed by atoms with van der Waals surface area (Å²) in [7, 11) is 0. The monoisotopic (exact) mass is 366 g/mol. The molecule has 0 bridgehead atoms. The van der Waals surface area contributed by atoms with Crippen LogP contribution in [0.25, 0.3) is 0 Å². The molecule has 0 fully saturated rings. The maximum Gasteiger partial charge on any atom is 0.236 e. The van der Waals surface area contributed by atoms with Gasteiger partial charge in [-0.1, -0.05) is 12.1 Å². The van der Waals surface area contributed by atoms with Gasteiger partial charge in [0.25, 0.3) is 0 Å². The Hall–Kier alpha value is -2.58. The Morgan fingerprint density at radius 3 is 2.50 bits per heavy atom. The summed E-state index contributed by atoms with van der Waals surface area (Å²) in [6.07, 6.45) is 0. The zero-order chi connectivity index (χ0) is 18.9. The minimum Gasteiger partial charge on any atom is -0.394 e. The molecule has 1 amide bonds. The molecule has 2 aromatic carbocycles. The second-order valence-electron chi connectivity index (χ2n) is 5.98. The van der Waals surface area contributed by atoms with Crippen molar-refractivity contribution in [2.45, 2.75) is 5.60 Å². The number of halogens is 3. The van der Waals surface area contributed by atoms with Crippen LogP contribution in [0.3, 0.4) is 0 Å². The molecule has 0 unspecified atom stereocenters. The van der Waals surface area contributed by atoms with Crippen LogP contribution in [-0.4, -0.2) is 37.3 Å². The molecule has 3 N–H and O–H groups in total. The van der Waals surface area contributed by atoms with Crippen molar-refractivity contribution in [2.75, 3.05) is 31.2 Å². The molecule has 0 radical (unpaired) electrons. The first kappa shape index (κ1) is 18.2. The predicted octanol–water partition coefficient (Wildman–Crippen LogP) is 1.66. The fourth-order valence-corrected chi connectivity index (χ4v) is 3.33. The summed E-state index contributed by atoms with van der Waals surface area (Å²) in [4.78, 5) is 12.9. The van der Waals surface area contributed by atoms with Gasteiger partial charge in [-0.05, 0) is 29.8 Å². The van der Waals surface area contributed by atoms with Crippen molar-refractivity contribution in [3.05, 3.63) is 65.0 Å². The average Bonchev–Trinajstić information content (AvgIpc) is 2.91. The Bertz CT molecular complexity index is 829. The fraction of sp³-hybridized carbons (Fsp3) is 0.278. The molecule has 5 nitrogen and oxygen atoms in total. The number of nitrogens with two attached hydrogens (primary N) is 1. The third-order valence-electron chi connectivity index (χ3n) is 4.33. The Morgan fingerprint density at radius 1 is 1.19 bits per heavy atom. The van der Waals surface area contributed by atoms with E-state index in [1.807, 2.05) is 0 Å². The van der Waals surface area contributed by atoms with Gasteiger partial charge in [-0.25, -0.2) is 13.2 Å². The maximum atomic E-state index is 14.8. The van der Waals surface area contributed by atoms with E-state index in [1.165, 1.54) is 35.2 Å². The Labute approximate surface area is 147 Å². The minimum atomic E-state index is -1.52. The molecular weight excluding hydrogens is 349 g/mol. The van der Waals surface area contributed by atoms with Crippen LogP contribution in [0.5, 0.6) is 0 Å². The van der Waals surface area contributed by atoms with Crippen molar-refractivity contribution in [2.24, 2.45) is 5.73 Å². The fourth-order valence-electron chi connectivity index (χ4n) is 3.33. The molecule has 1 heterocycles. The molecule has 0 saturated heterocycles. The van der Waals surface area contributed by atoms with Crippen LogP contribution >= 0.6 is 0 Å². The number of aliphatic hydroxyl groups excluding tert-OH is 1. The van der Waals surface area contributed by atoms with E-state index in [-0.39, 0.29) is 37.6 Å². The molecular formula is C18H17F3N2O3. The third-order valence-corrected chi connectivity index (χ3v) is 4.33. The predicted molar refractivity (Wildman–Crippen MR) is 88.0 cm³/mol. The summed E-state index contributed by atoms with van der Waals surface area (Å²) < 4.78 is 47.8. The number of nitrogens with zero attached hydrogens (tertiary/aromatic N) is 1. The van der Waals surface area contributed by atoms with Gasteiger partial charge in [-0.3, -0.25) is 4.79 Å². The van der Waals surface area contributed by atoms with E-state index in [2.05, 4.69) is 0 Å². The number of carbonyl (C=O) groups excluding carboxylic acids is 1. The number of ether oxygens (including phenoxy) is 1. The van der Waals surface area contributed by atoms with Crippen molar-refractivity contribution < 1.29 is 27.8 Å². The maximum absolute atomic E-state index is 14.8. The minimum absolute atomic E-state index is 0.0444. The lowest BCUT2D eigenvalue weighted by atomic mass is 9.87. The highest BCUT2D eigenvalue weighted by molar-refractivity contribution is 5.81. The third kappa shape index (κ3) is 3.02. The molecule has 0 spiro atoms. The summed E-state index contributed by atoms with van der Waals surface area (Å²) in [6, 6.07) is 7.43. The molecule has 0 aliphatic carbocycles. The van der Waals surface area contributed by atoms with Gasteiger partial charge in [0, 0.05) is 5.69 Å². The van der Waals surface area contributed by atoms with E-state index >= 15 is 0 Å². The number of aliphatic hydroxyl groups is 1. The number of amides is 1. The number of rotatable bonds is 6. The normalized spacial score (nSPS) is 18.8. The standard InChI is InChI=1S/C18H17F3N2O3/c19-12-3-1-11(2-4-12)18(26-8-7-24)10-23(9-15(22)25)14-6-5-13(20)17(21)16(14)18/h1-6,24H,7-10H2,(H2,22,25)/t18-/m0/s1. The molecule has 138 valence electrons. The zero-order valence-corrected chi connectivity index (χ0v) is 13.7. The van der Waals surface area contributed by atoms with Gasteiger partial charge >= 0.3 is 0 Å². The second-order valence-corrected chi connectivity index (χ2v) is 5.98. The molecule has 1 aliphatic rings. The van der Waals surface area contributed by atoms with E-state index < -0.39 is 29.0 Å². The van der Waals surface area contributed by atoms with E-state index in [0.717, 1.165) is 6.07 Å². The molecule has 3 rings (SSSR count). The highest BCUT2D eigenvalue weighted by atomic mass is 19.2. The van der Waals surface area contributed by atoms with Crippen molar-refractivity contribution >= 4 is 11.6 Å². The first-order valence-corrected chi connectivity index (χ1v) is 7.91. The van der Waals surface area contributed by atoms with Gasteiger partial charge in [-0.2, -0.15) is 0 Å². The molecule has 0 saturated carbocycles. The van der Waals surface area contributed by atoms with E-state index in [0.29, 0.717) is 5.56 Å². The number of fused-ring (bicyclic) bond motifs is 1. The second kappa shape index (κ2) is 6.97. The topological polar surface area (TPSA) is 75.8 Å². The first-order valence-electron chi connectivity index (χ1n) is 7.91. The van der Waals surface area contributed by atoms with Crippen LogP contribution < -0.4 is 10.6 Å². The van der Waals surface area contributed by atoms with Gasteiger partial charge in [0.1, 0.15) is 11.4 Å². The lowest BCUT2D eigenvalue weighted by Crippen LogP contribution is -2.41. The van der Waals surface area contributed by atoms with Gasteiger partial charge in [0.05, 0.1) is 31.9 Å². The van der Waals surface area contributed by atoms with Crippen molar-refractivity contribution in [1.29, 1.82) is 0 Å². The van der Waals surface area contributed by atoms with E-state index in [9.17, 15) is 23.1 Å². The van der Waals surface area contributed by atoms with Crippen LogP contribution in [0.4, 0.5) is 18.9 Å². The number of primary amides is 1. The number of hydrogen-bond donors (Lipinski definition) is 2. The van der Waals surface area contributed by atoms with Gasteiger partial charge in [0.15, 0.2) is 11.6 Å². The van der Waals surface area contributed by atoms with Crippen LogP contribution in [0, 0.1) is 17.5 Å². The van der Waals surface area contributed by atoms with Crippen molar-refractivity contribution in [3.8, 4) is 0 Å². The number of benzene rings is 2. The summed E-state index contributed by atoms with van der Waals surface area (Å²) >= 11 is 0. The lowest BCUT2D eigenvalue weighted by molar-refractivity contribution is -0.116. The van der Waals surface area contributed by atoms with Crippen LogP contribution in [0.2, 0.25) is 0 Å². The quantitative estimate of drug-likeness (QED) is 0.815. The SMILES string of the molecule is NC(=O)CN1C[C@](OCCO)(c2ccc(F)cc2)c2c1ccc(F)c2F. The molecule has 1 aliphatic heterocycles. The number of anilines is 1. The smallest absolute Gasteiger partial charge is 0.236 e. The summed E-state index contributed by atoms with van der Waals surface area (Å²) in [6.45, 7) is -0.803. The largest absolute Gasteiger partial charge is 0.394 e. The highest BCUT2D eigenvalue weighted by Gasteiger charge is 2.48. The van der Waals surface area contributed by atoms with Crippen molar-refractivity contribution in [3.63, 3.8) is 0 Å². The summed E-state index contributed by atoms with van der Waals surface area (Å²) in [5, 5.41) is 9.17. The summed E-state index contributed by atoms with van der Waals surface area (Å²) in [5.41, 5.74) is 4.25. The zero-order valence-electron chi connectivity index (χ0n) is 13.7. The van der Waals surface area contributed by atoms with E-state index in [1.54, 1.807) is 0 Å². The Balaban J connectivity index is 2.22. The van der Waals surface area contributed by atoms with Gasteiger partial charge < -0.3 is 20.5 Å².